The molecular weight excluding hydrogens is 1720 g/mol. The Morgan fingerprint density at radius 3 is 1.32 bits per heavy atom. The predicted octanol–water partition coefficient (Wildman–Crippen LogP) is 28.9. The predicted molar refractivity (Wildman–Crippen MR) is 586 cm³/mol. The van der Waals surface area contributed by atoms with Crippen LogP contribution < -0.4 is 20.7 Å². The maximum Gasteiger partial charge on any atom is 0.223 e. The highest BCUT2D eigenvalue weighted by molar-refractivity contribution is 5.78. The van der Waals surface area contributed by atoms with Gasteiger partial charge in [0, 0.05) is 174 Å². The van der Waals surface area contributed by atoms with E-state index in [-0.39, 0.29) is 73.1 Å². The van der Waals surface area contributed by atoms with Gasteiger partial charge in [-0.05, 0) is 193 Å². The number of anilines is 1. The molecule has 3 aliphatic carbocycles. The number of rotatable bonds is 16. The summed E-state index contributed by atoms with van der Waals surface area (Å²) >= 11 is 0. The summed E-state index contributed by atoms with van der Waals surface area (Å²) < 4.78 is 18.3. The molecule has 0 unspecified atom stereocenters. The third-order valence-electron chi connectivity index (χ3n) is 23.9. The summed E-state index contributed by atoms with van der Waals surface area (Å²) in [5.74, 6) is 9.22. The van der Waals surface area contributed by atoms with Crippen LogP contribution in [0.15, 0.2) is 159 Å². The standard InChI is InChI=1S/C14H18N2.C12H20N2.C12H22N2.C12H17NO.C11H18N2.C11H16N2.C11H20N2.C9H16N2.C9H13NO.C9H19NO.C8H11N/c1-14(2,3)12-10-15-13(16(12)4)11-8-6-5-7-9-11;1-5-11-10(12(2,3)4)8-13-14(11)9-6-7-9;1-11(2,3)9-8-13-10(14(9)7)12(4,5)6;1-9(2)12(14)13-10(3)11-7-5-4-6-8-11;1-11(2,3)9-7-12-10(13(9)4)8-5-6-8;1-8(2)9-3-6-11(12-7-9)13-10-4-5-10;1-8(2)13-9(3)10(7-12-13)11(4,5)6;1-7-6-10-8(2)11(7)9(3,4)5;1-7(2)8-4-9(11-3)6-10-5-8;1-7(2)8(11)10-6-9(3,4)5;1-7(2)8-4-3-5-9-6-8/h5-10H,1-4H3;8-9H,5-7H2,1-4H3;8H,1-7H3;4-10H,1-3H3,(H,13,14);7-8H,5-6H2,1-4H3;3,6-8,10H,4-5H2,1-2H3,(H,12,13);7-8H,1-6H3;6H,1-5H3;4-7H,1-3H3;7H,6H2,1-5H3,(H,10,11);3-7H,1-2H3/t;;;10-;;;;;;;/m...1......./s1. The lowest BCUT2D eigenvalue weighted by Crippen LogP contribution is -2.34. The normalized spacial score (nSPS) is 13.4. The molecule has 9 aromatic heterocycles. The van der Waals surface area contributed by atoms with Gasteiger partial charge in [-0.3, -0.25) is 28.9 Å². The van der Waals surface area contributed by atoms with E-state index in [9.17, 15) is 9.59 Å². The largest absolute Gasteiger partial charge is 0.495 e. The second-order valence-corrected chi connectivity index (χ2v) is 48.0. The van der Waals surface area contributed by atoms with E-state index in [2.05, 4.69) is 389 Å². The molecule has 21 nitrogen and oxygen atoms in total. The van der Waals surface area contributed by atoms with E-state index < -0.39 is 0 Å². The van der Waals surface area contributed by atoms with E-state index >= 15 is 0 Å². The van der Waals surface area contributed by atoms with Crippen molar-refractivity contribution in [1.82, 2.24) is 83.4 Å². The number of ether oxygens (including phenoxy) is 1. The highest BCUT2D eigenvalue weighted by Gasteiger charge is 2.33. The van der Waals surface area contributed by atoms with Crippen molar-refractivity contribution in [1.29, 1.82) is 0 Å². The second-order valence-electron chi connectivity index (χ2n) is 48.0. The minimum Gasteiger partial charge on any atom is -0.495 e. The van der Waals surface area contributed by atoms with Crippen LogP contribution in [0.25, 0.3) is 11.4 Å². The van der Waals surface area contributed by atoms with Crippen molar-refractivity contribution in [3.8, 4) is 17.1 Å². The fourth-order valence-corrected chi connectivity index (χ4v) is 15.5. The number of hydrogen-bond acceptors (Lipinski definition) is 13. The second kappa shape index (κ2) is 53.5. The number of nitrogens with zero attached hydrogens (tertiary/aromatic N) is 15. The molecule has 2 aromatic carbocycles. The molecule has 0 saturated heterocycles. The van der Waals surface area contributed by atoms with Crippen LogP contribution in [0.3, 0.4) is 0 Å². The maximum absolute atomic E-state index is 11.4. The maximum atomic E-state index is 11.4. The molecule has 0 aliphatic heterocycles. The van der Waals surface area contributed by atoms with E-state index in [1.54, 1.807) is 19.5 Å². The molecule has 0 bridgehead atoms. The number of carbonyl (C=O) groups is 2. The highest BCUT2D eigenvalue weighted by Crippen LogP contribution is 2.41. The van der Waals surface area contributed by atoms with E-state index in [1.165, 1.54) is 112 Å². The van der Waals surface area contributed by atoms with E-state index in [4.69, 9.17) is 4.74 Å². The Bertz CT molecular complexity index is 5260. The highest BCUT2D eigenvalue weighted by atomic mass is 16.5. The summed E-state index contributed by atoms with van der Waals surface area (Å²) in [5.41, 5.74) is 18.2. The van der Waals surface area contributed by atoms with Gasteiger partial charge in [0.15, 0.2) is 0 Å². The summed E-state index contributed by atoms with van der Waals surface area (Å²) in [7, 11) is 7.98. The van der Waals surface area contributed by atoms with Crippen LogP contribution in [0.5, 0.6) is 5.75 Å². The molecular formula is C118H190N18O3. The van der Waals surface area contributed by atoms with Crippen LogP contribution in [0, 0.1) is 38.0 Å². The minimum atomic E-state index is 0.0427. The zero-order chi connectivity index (χ0) is 106. The fraction of sp³-hybridized carbons (Fsp3) is 0.602. The van der Waals surface area contributed by atoms with Crippen LogP contribution in [-0.2, 0) is 75.2 Å². The van der Waals surface area contributed by atoms with Crippen LogP contribution in [0.2, 0.25) is 0 Å². The van der Waals surface area contributed by atoms with Gasteiger partial charge in [-0.15, -0.1) is 0 Å². The first-order valence-electron chi connectivity index (χ1n) is 51.2. The number of hydrogen-bond donors (Lipinski definition) is 3. The number of benzene rings is 2. The number of imidazole rings is 4. The smallest absolute Gasteiger partial charge is 0.223 e. The third kappa shape index (κ3) is 41.4. The molecule has 3 N–H and O–H groups in total. The zero-order valence-electron chi connectivity index (χ0n) is 95.4. The summed E-state index contributed by atoms with van der Waals surface area (Å²) in [4.78, 5) is 52.7. The van der Waals surface area contributed by atoms with Crippen molar-refractivity contribution in [2.75, 3.05) is 19.0 Å². The van der Waals surface area contributed by atoms with Crippen LogP contribution in [0.1, 0.15) is 428 Å². The molecule has 139 heavy (non-hydrogen) atoms. The number of pyridine rings is 3. The monoisotopic (exact) mass is 1910 g/mol. The summed E-state index contributed by atoms with van der Waals surface area (Å²) in [6.45, 7) is 89.1. The molecule has 9 heterocycles. The lowest BCUT2D eigenvalue weighted by molar-refractivity contribution is -0.125. The molecule has 0 spiro atoms. The number of nitrogens with one attached hydrogen (secondary N) is 3. The minimum absolute atomic E-state index is 0.0427. The average Bonchev–Trinajstić information content (AvgIpc) is 1.65. The Labute approximate surface area is 843 Å². The van der Waals surface area contributed by atoms with Crippen molar-refractivity contribution >= 4 is 17.6 Å². The van der Waals surface area contributed by atoms with Gasteiger partial charge in [0.2, 0.25) is 11.8 Å². The fourth-order valence-electron chi connectivity index (χ4n) is 15.5. The number of aryl methyl sites for hydroxylation is 2. The van der Waals surface area contributed by atoms with Crippen molar-refractivity contribution in [2.24, 2.45) is 38.4 Å². The van der Waals surface area contributed by atoms with Crippen molar-refractivity contribution in [3.63, 3.8) is 0 Å². The SMILES string of the molecule is CC(C)C(=O)NCC(C)(C)C.CC(C)C(=O)N[C@H](C)c1ccccc1.CC(C)c1ccc(NC2CC2)nc1.CC(C)c1cccnc1.CCc1c(C(C)(C)C)cnn1C1CC1.COc1cncc(C(C)C)c1.Cc1c(C(C)(C)C)cnn1C(C)C.Cc1cnc(C)n1C(C)(C)C.Cn1c(C(C)(C)C)cnc1-c1ccccc1.Cn1c(C(C)(C)C)cnc1C(C)(C)C.Cn1c(C(C)(C)C)cnc1C1CC1. The Kier molecular flexibility index (Phi) is 46.6. The number of amides is 2. The van der Waals surface area contributed by atoms with Gasteiger partial charge in [-0.2, -0.15) is 10.2 Å². The molecule has 3 saturated carbocycles. The number of methoxy groups -OCH3 is 1. The van der Waals surface area contributed by atoms with Gasteiger partial charge < -0.3 is 39.0 Å². The Hall–Kier alpha value is -10.3. The van der Waals surface area contributed by atoms with Gasteiger partial charge in [-0.25, -0.2) is 24.9 Å². The first kappa shape index (κ1) is 121. The quantitative estimate of drug-likeness (QED) is 0.0819. The lowest BCUT2D eigenvalue weighted by Gasteiger charge is -2.24. The molecule has 3 fully saturated rings. The van der Waals surface area contributed by atoms with Crippen LogP contribution in [0.4, 0.5) is 5.82 Å². The summed E-state index contributed by atoms with van der Waals surface area (Å²) in [5, 5.41) is 18.1. The van der Waals surface area contributed by atoms with Crippen molar-refractivity contribution < 1.29 is 14.3 Å². The summed E-state index contributed by atoms with van der Waals surface area (Å²) in [6.07, 6.45) is 30.2. The number of aromatic nitrogens is 15. The van der Waals surface area contributed by atoms with Gasteiger partial charge in [-0.1, -0.05) is 294 Å². The Morgan fingerprint density at radius 1 is 0.460 bits per heavy atom. The lowest BCUT2D eigenvalue weighted by atomic mass is 9.87. The zero-order valence-corrected chi connectivity index (χ0v) is 95.4. The molecule has 2 amide bonds. The van der Waals surface area contributed by atoms with E-state index in [1.807, 2.05) is 152 Å². The van der Waals surface area contributed by atoms with E-state index in [0.717, 1.165) is 53.5 Å². The van der Waals surface area contributed by atoms with Crippen molar-refractivity contribution in [2.45, 2.75) is 415 Å². The van der Waals surface area contributed by atoms with Gasteiger partial charge in [0.05, 0.1) is 37.8 Å². The Balaban J connectivity index is 0.000000320. The molecule has 0 radical (unpaired) electrons. The molecule has 770 valence electrons. The molecule has 21 heteroatoms. The third-order valence-corrected chi connectivity index (χ3v) is 23.9. The van der Waals surface area contributed by atoms with Gasteiger partial charge in [0.25, 0.3) is 0 Å². The van der Waals surface area contributed by atoms with Gasteiger partial charge in [0.1, 0.15) is 34.9 Å². The first-order chi connectivity index (χ1) is 64.2. The summed E-state index contributed by atoms with van der Waals surface area (Å²) in [6, 6.07) is 32.5. The topological polar surface area (TPSA) is 225 Å². The van der Waals surface area contributed by atoms with Gasteiger partial charge >= 0.3 is 0 Å². The molecule has 14 rings (SSSR count). The average molecular weight is 1910 g/mol. The van der Waals surface area contributed by atoms with Crippen LogP contribution in [-0.4, -0.2) is 104 Å². The molecule has 11 aromatic rings. The van der Waals surface area contributed by atoms with Crippen LogP contribution >= 0.6 is 0 Å². The molecule has 3 aliphatic rings. The Morgan fingerprint density at radius 2 is 0.957 bits per heavy atom. The first-order valence-corrected chi connectivity index (χ1v) is 51.2. The van der Waals surface area contributed by atoms with E-state index in [0.29, 0.717) is 35.9 Å². The van der Waals surface area contributed by atoms with Crippen molar-refractivity contribution in [3.05, 3.63) is 244 Å². The molecule has 1 atom stereocenters. The number of carbonyl (C=O) groups excluding carboxylic acids is 2.